The summed E-state index contributed by atoms with van der Waals surface area (Å²) in [6.45, 7) is 0.575. The molecule has 0 saturated carbocycles. The van der Waals surface area contributed by atoms with Crippen LogP contribution in [0.5, 0.6) is 0 Å². The van der Waals surface area contributed by atoms with E-state index in [0.29, 0.717) is 13.0 Å². The van der Waals surface area contributed by atoms with Crippen LogP contribution in [0, 0.1) is 0 Å². The van der Waals surface area contributed by atoms with E-state index in [9.17, 15) is 4.79 Å². The summed E-state index contributed by atoms with van der Waals surface area (Å²) in [4.78, 5) is 15.6. The molecule has 4 N–H and O–H groups in total. The normalized spacial score (nSPS) is 12.3. The van der Waals surface area contributed by atoms with Crippen molar-refractivity contribution in [2.75, 3.05) is 6.54 Å². The lowest BCUT2D eigenvalue weighted by molar-refractivity contribution is -0.122. The third-order valence-corrected chi connectivity index (χ3v) is 4.97. The van der Waals surface area contributed by atoms with Crippen LogP contribution in [-0.4, -0.2) is 23.5 Å². The third kappa shape index (κ3) is 3.86. The fourth-order valence-corrected chi connectivity index (χ4v) is 3.50. The van der Waals surface area contributed by atoms with Crippen LogP contribution in [-0.2, 0) is 17.6 Å². The van der Waals surface area contributed by atoms with Crippen molar-refractivity contribution in [3.8, 4) is 0 Å². The molecule has 0 saturated heterocycles. The highest BCUT2D eigenvalue weighted by molar-refractivity contribution is 5.85. The first kappa shape index (κ1) is 17.3. The molecule has 4 rings (SSSR count). The summed E-state index contributed by atoms with van der Waals surface area (Å²) in [6.07, 6.45) is 3.31. The highest BCUT2D eigenvalue weighted by Crippen LogP contribution is 2.18. The van der Waals surface area contributed by atoms with Crippen LogP contribution in [0.3, 0.4) is 0 Å². The Morgan fingerprint density at radius 2 is 1.78 bits per heavy atom. The minimum Gasteiger partial charge on any atom is -0.361 e. The maximum absolute atomic E-state index is 12.4. The standard InChI is InChI=1S/C23H23N3O/c24-21(14-16-9-10-17-5-1-2-6-18(17)13-16)23(27)25-12-11-19-15-26-22-8-4-3-7-20(19)22/h1-10,13,15,21,26H,11-12,14,24H2,(H,25,27). The fraction of sp³-hybridized carbons (Fsp3) is 0.174. The van der Waals surface area contributed by atoms with Crippen molar-refractivity contribution in [3.63, 3.8) is 0 Å². The number of nitrogens with one attached hydrogen (secondary N) is 2. The van der Waals surface area contributed by atoms with Crippen molar-refractivity contribution in [1.82, 2.24) is 10.3 Å². The van der Waals surface area contributed by atoms with Crippen molar-refractivity contribution in [2.24, 2.45) is 5.73 Å². The molecule has 27 heavy (non-hydrogen) atoms. The molecule has 136 valence electrons. The molecule has 1 aromatic heterocycles. The Hall–Kier alpha value is -3.11. The van der Waals surface area contributed by atoms with Gasteiger partial charge in [-0.05, 0) is 40.8 Å². The summed E-state index contributed by atoms with van der Waals surface area (Å²) >= 11 is 0. The van der Waals surface area contributed by atoms with Crippen molar-refractivity contribution in [2.45, 2.75) is 18.9 Å². The van der Waals surface area contributed by atoms with Gasteiger partial charge in [0.1, 0.15) is 0 Å². The van der Waals surface area contributed by atoms with E-state index in [0.717, 1.165) is 17.5 Å². The molecule has 0 bridgehead atoms. The van der Waals surface area contributed by atoms with Gasteiger partial charge in [-0.1, -0.05) is 60.7 Å². The summed E-state index contributed by atoms with van der Waals surface area (Å²) in [5.41, 5.74) is 9.52. The maximum atomic E-state index is 12.4. The van der Waals surface area contributed by atoms with Gasteiger partial charge in [-0.15, -0.1) is 0 Å². The zero-order chi connectivity index (χ0) is 18.6. The number of aromatic amines is 1. The number of carbonyl (C=O) groups is 1. The molecule has 3 aromatic carbocycles. The highest BCUT2D eigenvalue weighted by Gasteiger charge is 2.14. The molecular weight excluding hydrogens is 334 g/mol. The number of benzene rings is 3. The topological polar surface area (TPSA) is 70.9 Å². The molecular formula is C23H23N3O. The first-order chi connectivity index (χ1) is 13.2. The lowest BCUT2D eigenvalue weighted by Crippen LogP contribution is -2.42. The van der Waals surface area contributed by atoms with E-state index >= 15 is 0 Å². The predicted octanol–water partition coefficient (Wildman–Crippen LogP) is 3.55. The zero-order valence-electron chi connectivity index (χ0n) is 15.1. The number of para-hydroxylation sites is 1. The van der Waals surface area contributed by atoms with E-state index in [1.165, 1.54) is 21.7 Å². The molecule has 1 unspecified atom stereocenters. The maximum Gasteiger partial charge on any atom is 0.237 e. The van der Waals surface area contributed by atoms with Crippen molar-refractivity contribution < 1.29 is 4.79 Å². The highest BCUT2D eigenvalue weighted by atomic mass is 16.2. The summed E-state index contributed by atoms with van der Waals surface area (Å²) in [6, 6.07) is 22.1. The Balaban J connectivity index is 1.33. The first-order valence-corrected chi connectivity index (χ1v) is 9.27. The number of hydrogen-bond acceptors (Lipinski definition) is 2. The monoisotopic (exact) mass is 357 g/mol. The number of H-pyrrole nitrogens is 1. The Morgan fingerprint density at radius 1 is 1.00 bits per heavy atom. The average Bonchev–Trinajstić information content (AvgIpc) is 3.11. The molecule has 0 spiro atoms. The van der Waals surface area contributed by atoms with Crippen molar-refractivity contribution >= 4 is 27.6 Å². The quantitative estimate of drug-likeness (QED) is 0.494. The Labute approximate surface area is 158 Å². The van der Waals surface area contributed by atoms with E-state index in [1.54, 1.807) is 0 Å². The van der Waals surface area contributed by atoms with Gasteiger partial charge < -0.3 is 16.0 Å². The van der Waals surface area contributed by atoms with Crippen molar-refractivity contribution in [1.29, 1.82) is 0 Å². The molecule has 1 heterocycles. The van der Waals surface area contributed by atoms with E-state index in [4.69, 9.17) is 5.73 Å². The van der Waals surface area contributed by atoms with Crippen LogP contribution in [0.15, 0.2) is 72.9 Å². The van der Waals surface area contributed by atoms with E-state index in [1.807, 2.05) is 36.5 Å². The molecule has 1 atom stereocenters. The molecule has 0 aliphatic heterocycles. The van der Waals surface area contributed by atoms with Crippen LogP contribution in [0.4, 0.5) is 0 Å². The number of nitrogens with two attached hydrogens (primary N) is 1. The van der Waals surface area contributed by atoms with Gasteiger partial charge in [0.2, 0.25) is 5.91 Å². The number of carbonyl (C=O) groups excluding carboxylic acids is 1. The molecule has 0 radical (unpaired) electrons. The number of rotatable bonds is 6. The van der Waals surface area contributed by atoms with Gasteiger partial charge in [0.05, 0.1) is 6.04 Å². The van der Waals surface area contributed by atoms with Crippen molar-refractivity contribution in [3.05, 3.63) is 84.1 Å². The summed E-state index contributed by atoms with van der Waals surface area (Å²) in [7, 11) is 0. The second kappa shape index (κ2) is 7.64. The van der Waals surface area contributed by atoms with Gasteiger partial charge in [-0.2, -0.15) is 0 Å². The predicted molar refractivity (Wildman–Crippen MR) is 111 cm³/mol. The number of fused-ring (bicyclic) bond motifs is 2. The Kier molecular flexibility index (Phi) is 4.90. The molecule has 4 heteroatoms. The minimum atomic E-state index is -0.547. The third-order valence-electron chi connectivity index (χ3n) is 4.97. The second-order valence-electron chi connectivity index (χ2n) is 6.89. The van der Waals surface area contributed by atoms with Crippen LogP contribution >= 0.6 is 0 Å². The van der Waals surface area contributed by atoms with E-state index < -0.39 is 6.04 Å². The van der Waals surface area contributed by atoms with Gasteiger partial charge in [0.15, 0.2) is 0 Å². The molecule has 0 aliphatic carbocycles. The van der Waals surface area contributed by atoms with Crippen LogP contribution in [0.1, 0.15) is 11.1 Å². The molecule has 0 aliphatic rings. The minimum absolute atomic E-state index is 0.108. The smallest absolute Gasteiger partial charge is 0.237 e. The first-order valence-electron chi connectivity index (χ1n) is 9.27. The largest absolute Gasteiger partial charge is 0.361 e. The lowest BCUT2D eigenvalue weighted by Gasteiger charge is -2.13. The second-order valence-corrected chi connectivity index (χ2v) is 6.89. The van der Waals surface area contributed by atoms with Gasteiger partial charge in [0.25, 0.3) is 0 Å². The van der Waals surface area contributed by atoms with Gasteiger partial charge >= 0.3 is 0 Å². The molecule has 0 fully saturated rings. The van der Waals surface area contributed by atoms with Gasteiger partial charge in [-0.25, -0.2) is 0 Å². The van der Waals surface area contributed by atoms with E-state index in [-0.39, 0.29) is 5.91 Å². The average molecular weight is 357 g/mol. The SMILES string of the molecule is NC(Cc1ccc2ccccc2c1)C(=O)NCCc1c[nH]c2ccccc12. The Bertz CT molecular complexity index is 1080. The van der Waals surface area contributed by atoms with Crippen LogP contribution in [0.2, 0.25) is 0 Å². The molecule has 1 amide bonds. The number of aromatic nitrogens is 1. The molecule has 4 nitrogen and oxygen atoms in total. The Morgan fingerprint density at radius 3 is 2.67 bits per heavy atom. The molecule has 4 aromatic rings. The number of amides is 1. The fourth-order valence-electron chi connectivity index (χ4n) is 3.50. The van der Waals surface area contributed by atoms with Gasteiger partial charge in [-0.3, -0.25) is 4.79 Å². The van der Waals surface area contributed by atoms with Crippen LogP contribution in [0.25, 0.3) is 21.7 Å². The van der Waals surface area contributed by atoms with Crippen LogP contribution < -0.4 is 11.1 Å². The van der Waals surface area contributed by atoms with Gasteiger partial charge in [0, 0.05) is 23.6 Å². The summed E-state index contributed by atoms with van der Waals surface area (Å²) in [5, 5.41) is 6.53. The summed E-state index contributed by atoms with van der Waals surface area (Å²) < 4.78 is 0. The zero-order valence-corrected chi connectivity index (χ0v) is 15.1. The number of hydrogen-bond donors (Lipinski definition) is 3. The lowest BCUT2D eigenvalue weighted by atomic mass is 10.0. The van der Waals surface area contributed by atoms with E-state index in [2.05, 4.69) is 46.7 Å². The summed E-state index contributed by atoms with van der Waals surface area (Å²) in [5.74, 6) is -0.108.